The number of anilines is 1. The highest BCUT2D eigenvalue weighted by atomic mass is 16.5. The van der Waals surface area contributed by atoms with E-state index in [2.05, 4.69) is 32.0 Å². The molecular weight excluding hydrogens is 538 g/mol. The van der Waals surface area contributed by atoms with Crippen LogP contribution < -0.4 is 20.7 Å². The molecule has 0 saturated carbocycles. The smallest absolute Gasteiger partial charge is 0.321 e. The van der Waals surface area contributed by atoms with E-state index in [1.165, 1.54) is 17.2 Å². The molecule has 2 aliphatic rings. The van der Waals surface area contributed by atoms with Gasteiger partial charge in [-0.25, -0.2) is 9.78 Å². The van der Waals surface area contributed by atoms with Crippen LogP contribution in [0.2, 0.25) is 0 Å². The van der Waals surface area contributed by atoms with Gasteiger partial charge in [0.25, 0.3) is 5.91 Å². The first-order chi connectivity index (χ1) is 20.1. The minimum absolute atomic E-state index is 0.0978. The van der Waals surface area contributed by atoms with Crippen molar-refractivity contribution in [2.75, 3.05) is 12.4 Å². The van der Waals surface area contributed by atoms with E-state index >= 15 is 0 Å². The van der Waals surface area contributed by atoms with E-state index in [4.69, 9.17) is 4.74 Å². The first-order valence-corrected chi connectivity index (χ1v) is 13.4. The summed E-state index contributed by atoms with van der Waals surface area (Å²) in [4.78, 5) is 59.9. The average Bonchev–Trinajstić information content (AvgIpc) is 3.31. The number of carbonyl (C=O) groups excluding carboxylic acids is 4. The van der Waals surface area contributed by atoms with Crippen LogP contribution in [0.25, 0.3) is 11.1 Å². The van der Waals surface area contributed by atoms with Gasteiger partial charge in [0.05, 0.1) is 36.0 Å². The Morgan fingerprint density at radius 1 is 1.19 bits per heavy atom. The second-order valence-corrected chi connectivity index (χ2v) is 10.3. The molecule has 0 bridgehead atoms. The van der Waals surface area contributed by atoms with Gasteiger partial charge in [-0.2, -0.15) is 5.26 Å². The summed E-state index contributed by atoms with van der Waals surface area (Å²) in [5, 5.41) is 17.3. The number of nitrogens with zero attached hydrogens (tertiary/aromatic N) is 4. The van der Waals surface area contributed by atoms with Crippen molar-refractivity contribution in [1.82, 2.24) is 25.5 Å². The number of rotatable bonds is 7. The SMILES string of the molecule is CCC(C)(NC(=O)Nc1ccc2c(n1)CN(C1CCC(=O)NC1=O)C2=O)c1ccc(-c2cncc(C#N)c2)cc1OC. The van der Waals surface area contributed by atoms with Crippen molar-refractivity contribution in [3.8, 4) is 22.9 Å². The van der Waals surface area contributed by atoms with Crippen molar-refractivity contribution < 1.29 is 23.9 Å². The maximum Gasteiger partial charge on any atom is 0.321 e. The highest BCUT2D eigenvalue weighted by molar-refractivity contribution is 6.05. The quantitative estimate of drug-likeness (QED) is 0.366. The molecule has 5 rings (SSSR count). The zero-order valence-corrected chi connectivity index (χ0v) is 23.4. The predicted molar refractivity (Wildman–Crippen MR) is 151 cm³/mol. The highest BCUT2D eigenvalue weighted by Crippen LogP contribution is 2.36. The Hall–Kier alpha value is -5.31. The van der Waals surface area contributed by atoms with Crippen molar-refractivity contribution >= 4 is 29.6 Å². The number of nitriles is 1. The molecule has 3 aromatic rings. The second kappa shape index (κ2) is 11.3. The van der Waals surface area contributed by atoms with Gasteiger partial charge in [0, 0.05) is 29.9 Å². The molecule has 42 heavy (non-hydrogen) atoms. The van der Waals surface area contributed by atoms with Crippen LogP contribution in [-0.2, 0) is 21.7 Å². The largest absolute Gasteiger partial charge is 0.496 e. The zero-order chi connectivity index (χ0) is 30.0. The molecule has 12 nitrogen and oxygen atoms in total. The summed E-state index contributed by atoms with van der Waals surface area (Å²) < 4.78 is 5.69. The van der Waals surface area contributed by atoms with Crippen LogP contribution in [0.5, 0.6) is 5.75 Å². The van der Waals surface area contributed by atoms with Crippen LogP contribution >= 0.6 is 0 Å². The minimum atomic E-state index is -0.823. The Morgan fingerprint density at radius 3 is 2.71 bits per heavy atom. The Morgan fingerprint density at radius 2 is 2.00 bits per heavy atom. The fourth-order valence-corrected chi connectivity index (χ4v) is 5.24. The molecule has 1 aromatic carbocycles. The lowest BCUT2D eigenvalue weighted by Crippen LogP contribution is -2.52. The van der Waals surface area contributed by atoms with E-state index in [0.29, 0.717) is 29.0 Å². The summed E-state index contributed by atoms with van der Waals surface area (Å²) >= 11 is 0. The number of hydrogen-bond donors (Lipinski definition) is 3. The van der Waals surface area contributed by atoms with E-state index in [1.54, 1.807) is 25.4 Å². The highest BCUT2D eigenvalue weighted by Gasteiger charge is 2.40. The maximum absolute atomic E-state index is 13.2. The van der Waals surface area contributed by atoms with E-state index < -0.39 is 23.5 Å². The first kappa shape index (κ1) is 28.2. The Kier molecular flexibility index (Phi) is 7.58. The van der Waals surface area contributed by atoms with Gasteiger partial charge in [0.15, 0.2) is 0 Å². The third kappa shape index (κ3) is 5.36. The third-order valence-electron chi connectivity index (χ3n) is 7.71. The van der Waals surface area contributed by atoms with Gasteiger partial charge in [-0.05, 0) is 49.6 Å². The predicted octanol–water partition coefficient (Wildman–Crippen LogP) is 3.23. The van der Waals surface area contributed by atoms with Crippen LogP contribution in [0.4, 0.5) is 10.6 Å². The number of urea groups is 1. The summed E-state index contributed by atoms with van der Waals surface area (Å²) in [6.45, 7) is 3.92. The molecule has 4 heterocycles. The van der Waals surface area contributed by atoms with E-state index in [0.717, 1.165) is 16.7 Å². The zero-order valence-electron chi connectivity index (χ0n) is 23.4. The number of nitrogens with one attached hydrogen (secondary N) is 3. The number of amides is 5. The van der Waals surface area contributed by atoms with Crippen molar-refractivity contribution in [3.63, 3.8) is 0 Å². The van der Waals surface area contributed by atoms with Gasteiger partial charge in [0.1, 0.15) is 23.7 Å². The second-order valence-electron chi connectivity index (χ2n) is 10.3. The molecule has 2 aliphatic heterocycles. The molecule has 0 radical (unpaired) electrons. The minimum Gasteiger partial charge on any atom is -0.496 e. The molecular formula is C30H29N7O5. The van der Waals surface area contributed by atoms with Gasteiger partial charge >= 0.3 is 6.03 Å². The number of ether oxygens (including phenoxy) is 1. The molecule has 2 unspecified atom stereocenters. The molecule has 0 aliphatic carbocycles. The third-order valence-corrected chi connectivity index (χ3v) is 7.71. The summed E-state index contributed by atoms with van der Waals surface area (Å²) in [5.74, 6) is -0.393. The maximum atomic E-state index is 13.2. The lowest BCUT2D eigenvalue weighted by Gasteiger charge is -2.32. The summed E-state index contributed by atoms with van der Waals surface area (Å²) in [6, 6.07) is 11.3. The molecule has 2 atom stereocenters. The van der Waals surface area contributed by atoms with Gasteiger partial charge in [-0.15, -0.1) is 0 Å². The molecule has 2 aromatic heterocycles. The topological polar surface area (TPSA) is 166 Å². The summed E-state index contributed by atoms with van der Waals surface area (Å²) in [6.07, 6.45) is 4.11. The van der Waals surface area contributed by atoms with E-state index in [1.807, 2.05) is 32.0 Å². The van der Waals surface area contributed by atoms with Crippen molar-refractivity contribution in [2.24, 2.45) is 0 Å². The van der Waals surface area contributed by atoms with Crippen LogP contribution in [0, 0.1) is 11.3 Å². The van der Waals surface area contributed by atoms with Crippen molar-refractivity contribution in [3.05, 3.63) is 71.2 Å². The molecule has 12 heteroatoms. The molecule has 0 spiro atoms. The fraction of sp³-hybridized carbons (Fsp3) is 0.300. The van der Waals surface area contributed by atoms with Gasteiger partial charge in [-0.3, -0.25) is 30.0 Å². The summed E-state index contributed by atoms with van der Waals surface area (Å²) in [7, 11) is 1.55. The monoisotopic (exact) mass is 567 g/mol. The number of carbonyl (C=O) groups is 4. The first-order valence-electron chi connectivity index (χ1n) is 13.4. The number of benzene rings is 1. The van der Waals surface area contributed by atoms with Crippen molar-refractivity contribution in [1.29, 1.82) is 5.26 Å². The van der Waals surface area contributed by atoms with Gasteiger partial charge in [0.2, 0.25) is 11.8 Å². The molecule has 1 fully saturated rings. The number of methoxy groups -OCH3 is 1. The summed E-state index contributed by atoms with van der Waals surface area (Å²) in [5.41, 5.74) is 2.74. The van der Waals surface area contributed by atoms with Crippen LogP contribution in [0.1, 0.15) is 60.3 Å². The fourth-order valence-electron chi connectivity index (χ4n) is 5.24. The van der Waals surface area contributed by atoms with Crippen LogP contribution in [0.15, 0.2) is 48.8 Å². The van der Waals surface area contributed by atoms with Crippen LogP contribution in [0.3, 0.4) is 0 Å². The van der Waals surface area contributed by atoms with Gasteiger partial charge in [-0.1, -0.05) is 19.1 Å². The Bertz CT molecular complexity index is 1650. The normalized spacial score (nSPS) is 17.5. The molecule has 5 amide bonds. The lowest BCUT2D eigenvalue weighted by atomic mass is 9.87. The number of imide groups is 1. The number of pyridine rings is 2. The standard InChI is InChI=1S/C30H29N7O5/c1-4-30(2,21-7-5-18(12-24(21)42-3)19-11-17(13-31)14-32-15-19)36-29(41)34-25-9-6-20-22(33-25)16-37(28(20)40)23-8-10-26(38)35-27(23)39/h5-7,9,11-12,14-15,23H,4,8,10,16H2,1-3H3,(H,35,38,39)(H2,33,34,36,41). The average molecular weight is 568 g/mol. The number of hydrogen-bond acceptors (Lipinski definition) is 8. The van der Waals surface area contributed by atoms with Gasteiger partial charge < -0.3 is 15.0 Å². The molecule has 3 N–H and O–H groups in total. The van der Waals surface area contributed by atoms with Crippen molar-refractivity contribution in [2.45, 2.75) is 51.2 Å². The van der Waals surface area contributed by atoms with E-state index in [-0.39, 0.29) is 37.0 Å². The number of aromatic nitrogens is 2. The number of fused-ring (bicyclic) bond motifs is 1. The lowest BCUT2D eigenvalue weighted by molar-refractivity contribution is -0.136. The molecule has 1 saturated heterocycles. The molecule has 214 valence electrons. The number of piperidine rings is 1. The Labute approximate surface area is 242 Å². The Balaban J connectivity index is 1.31. The van der Waals surface area contributed by atoms with E-state index in [9.17, 15) is 24.4 Å². The van der Waals surface area contributed by atoms with Crippen LogP contribution in [-0.4, -0.2) is 51.8 Å².